The summed E-state index contributed by atoms with van der Waals surface area (Å²) in [4.78, 5) is 11.5. The number of hydrogen-bond acceptors (Lipinski definition) is 7. The van der Waals surface area contributed by atoms with Crippen LogP contribution in [0.5, 0.6) is 0 Å². The van der Waals surface area contributed by atoms with Gasteiger partial charge in [-0.25, -0.2) is 4.79 Å². The number of cyclic esters (lactones) is 1. The number of hydrogen-bond donors (Lipinski definition) is 4. The number of carbonyl (C=O) groups excluding carboxylic acids is 1. The van der Waals surface area contributed by atoms with Crippen LogP contribution >= 0.6 is 0 Å². The van der Waals surface area contributed by atoms with E-state index in [1.54, 1.807) is 13.0 Å². The second-order valence-electron chi connectivity index (χ2n) is 13.3. The van der Waals surface area contributed by atoms with E-state index < -0.39 is 6.10 Å². The Hall–Kier alpha value is -1.25. The first-order chi connectivity index (χ1) is 21.1. The summed E-state index contributed by atoms with van der Waals surface area (Å²) in [5.74, 6) is -0.305. The molecule has 2 heterocycles. The molecule has 1 fully saturated rings. The molecule has 2 rings (SSSR count). The second kappa shape index (κ2) is 25.9. The first-order valence-electron chi connectivity index (χ1n) is 18.1. The number of esters is 1. The maximum atomic E-state index is 11.5. The summed E-state index contributed by atoms with van der Waals surface area (Å²) in [6.45, 7) is 7.95. The molecular weight excluding hydrogens is 556 g/mol. The quantitative estimate of drug-likeness (QED) is 0.0491. The predicted octanol–water partition coefficient (Wildman–Crippen LogP) is 7.86. The number of rotatable bonds is 24. The molecule has 0 radical (unpaired) electrons. The highest BCUT2D eigenvalue weighted by Crippen LogP contribution is 2.24. The number of aliphatic hydroxyl groups excluding tert-OH is 4. The molecule has 7 heteroatoms. The third-order valence-corrected chi connectivity index (χ3v) is 8.64. The molecule has 1 saturated heterocycles. The van der Waals surface area contributed by atoms with E-state index in [-0.39, 0.29) is 36.5 Å². The highest BCUT2D eigenvalue weighted by molar-refractivity contribution is 5.90. The molecule has 0 amide bonds. The summed E-state index contributed by atoms with van der Waals surface area (Å²) in [7, 11) is 0. The Morgan fingerprint density at radius 1 is 0.773 bits per heavy atom. The highest BCUT2D eigenvalue weighted by atomic mass is 16.5. The van der Waals surface area contributed by atoms with Crippen LogP contribution in [-0.2, 0) is 14.3 Å². The maximum Gasteiger partial charge on any atom is 0.334 e. The molecule has 1 unspecified atom stereocenters. The number of aliphatic hydroxyl groups is 4. The van der Waals surface area contributed by atoms with Crippen LogP contribution in [0.1, 0.15) is 163 Å². The van der Waals surface area contributed by atoms with Crippen LogP contribution in [0.3, 0.4) is 0 Å². The Balaban J connectivity index is 0.000000447. The first-order valence-corrected chi connectivity index (χ1v) is 18.1. The SMILES string of the molecule is CCCCCCCC/C=C\CC[C@H](O)[C@@H]1CC[C@@H](C)O1.C[C@H](O)CCCCC(O)CCCCC[C@@H](O)CC1=C[C@H](C)OC1=O. The zero-order valence-electron chi connectivity index (χ0n) is 28.6. The zero-order valence-corrected chi connectivity index (χ0v) is 28.6. The number of carbonyl (C=O) groups is 1. The van der Waals surface area contributed by atoms with Crippen molar-refractivity contribution in [3.8, 4) is 0 Å². The van der Waals surface area contributed by atoms with Crippen molar-refractivity contribution < 1.29 is 34.7 Å². The van der Waals surface area contributed by atoms with Gasteiger partial charge in [-0.15, -0.1) is 0 Å². The van der Waals surface area contributed by atoms with Gasteiger partial charge in [-0.3, -0.25) is 0 Å². The lowest BCUT2D eigenvalue weighted by atomic mass is 10.00. The molecule has 0 bridgehead atoms. The van der Waals surface area contributed by atoms with Crippen molar-refractivity contribution in [3.05, 3.63) is 23.8 Å². The van der Waals surface area contributed by atoms with E-state index in [1.807, 2.05) is 6.92 Å². The van der Waals surface area contributed by atoms with Crippen LogP contribution in [0.2, 0.25) is 0 Å². The molecule has 0 saturated carbocycles. The summed E-state index contributed by atoms with van der Waals surface area (Å²) in [5, 5.41) is 39.1. The summed E-state index contributed by atoms with van der Waals surface area (Å²) < 4.78 is 10.7. The van der Waals surface area contributed by atoms with Crippen LogP contribution < -0.4 is 0 Å². The van der Waals surface area contributed by atoms with Crippen molar-refractivity contribution in [2.24, 2.45) is 0 Å². The van der Waals surface area contributed by atoms with Crippen molar-refractivity contribution in [1.82, 2.24) is 0 Å². The van der Waals surface area contributed by atoms with Gasteiger partial charge in [0, 0.05) is 12.0 Å². The summed E-state index contributed by atoms with van der Waals surface area (Å²) >= 11 is 0. The van der Waals surface area contributed by atoms with Crippen molar-refractivity contribution in [1.29, 1.82) is 0 Å². The monoisotopic (exact) mass is 624 g/mol. The second-order valence-corrected chi connectivity index (χ2v) is 13.3. The van der Waals surface area contributed by atoms with Gasteiger partial charge in [-0.2, -0.15) is 0 Å². The molecule has 2 aliphatic rings. The van der Waals surface area contributed by atoms with E-state index >= 15 is 0 Å². The highest BCUT2D eigenvalue weighted by Gasteiger charge is 2.27. The molecule has 0 aromatic rings. The van der Waals surface area contributed by atoms with E-state index in [2.05, 4.69) is 26.0 Å². The maximum absolute atomic E-state index is 11.5. The predicted molar refractivity (Wildman–Crippen MR) is 179 cm³/mol. The van der Waals surface area contributed by atoms with Gasteiger partial charge in [0.1, 0.15) is 6.10 Å². The third-order valence-electron chi connectivity index (χ3n) is 8.64. The van der Waals surface area contributed by atoms with Crippen LogP contribution in [-0.4, -0.2) is 69.1 Å². The van der Waals surface area contributed by atoms with E-state index in [9.17, 15) is 20.1 Å². The molecule has 7 nitrogen and oxygen atoms in total. The van der Waals surface area contributed by atoms with Crippen LogP contribution in [0, 0.1) is 0 Å². The van der Waals surface area contributed by atoms with Gasteiger partial charge in [-0.1, -0.05) is 83.3 Å². The molecule has 258 valence electrons. The van der Waals surface area contributed by atoms with Crippen LogP contribution in [0.4, 0.5) is 0 Å². The van der Waals surface area contributed by atoms with Crippen molar-refractivity contribution in [3.63, 3.8) is 0 Å². The number of allylic oxidation sites excluding steroid dienone is 2. The van der Waals surface area contributed by atoms with Gasteiger partial charge >= 0.3 is 5.97 Å². The van der Waals surface area contributed by atoms with Crippen LogP contribution in [0.25, 0.3) is 0 Å². The largest absolute Gasteiger partial charge is 0.455 e. The van der Waals surface area contributed by atoms with Gasteiger partial charge in [-0.05, 0) is 91.1 Å². The van der Waals surface area contributed by atoms with Gasteiger partial charge in [0.05, 0.1) is 36.6 Å². The number of ether oxygens (including phenoxy) is 2. The van der Waals surface area contributed by atoms with Gasteiger partial charge in [0.25, 0.3) is 0 Å². The minimum absolute atomic E-state index is 0.0805. The fourth-order valence-electron chi connectivity index (χ4n) is 5.89. The van der Waals surface area contributed by atoms with Gasteiger partial charge < -0.3 is 29.9 Å². The molecule has 0 aromatic carbocycles. The van der Waals surface area contributed by atoms with Crippen molar-refractivity contribution >= 4 is 5.97 Å². The summed E-state index contributed by atoms with van der Waals surface area (Å²) in [5.41, 5.74) is 0.586. The molecule has 0 spiro atoms. The fourth-order valence-corrected chi connectivity index (χ4v) is 5.89. The van der Waals surface area contributed by atoms with E-state index in [0.717, 1.165) is 77.0 Å². The third kappa shape index (κ3) is 21.5. The summed E-state index contributed by atoms with van der Waals surface area (Å²) in [6, 6.07) is 0. The Morgan fingerprint density at radius 2 is 1.36 bits per heavy atom. The average Bonchev–Trinajstić information content (AvgIpc) is 3.55. The fraction of sp³-hybridized carbons (Fsp3) is 0.865. The lowest BCUT2D eigenvalue weighted by molar-refractivity contribution is -0.139. The molecule has 4 N–H and O–H groups in total. The smallest absolute Gasteiger partial charge is 0.334 e. The molecule has 0 aliphatic carbocycles. The normalized spacial score (nSPS) is 22.8. The summed E-state index contributed by atoms with van der Waals surface area (Å²) in [6.07, 6.45) is 26.7. The Kier molecular flexibility index (Phi) is 24.0. The molecular formula is C37H68O7. The van der Waals surface area contributed by atoms with Crippen molar-refractivity contribution in [2.75, 3.05) is 0 Å². The van der Waals surface area contributed by atoms with Gasteiger partial charge in [0.15, 0.2) is 0 Å². The Bertz CT molecular complexity index is 765. The minimum atomic E-state index is -0.500. The Morgan fingerprint density at radius 3 is 1.98 bits per heavy atom. The molecule has 44 heavy (non-hydrogen) atoms. The zero-order chi connectivity index (χ0) is 32.6. The minimum Gasteiger partial charge on any atom is -0.455 e. The van der Waals surface area contributed by atoms with Gasteiger partial charge in [0.2, 0.25) is 0 Å². The first kappa shape index (κ1) is 40.8. The standard InChI is InChI=1S/C19H34O5.C18H34O2/c1-14(20)8-6-7-10-17(21)9-4-3-5-11-18(22)13-16-12-15(2)24-19(16)23;1-3-4-5-6-7-8-9-10-11-12-13-17(19)18-15-14-16(2)20-18/h12,14-15,17-18,20-22H,3-11,13H2,1-2H3;10-11,16-19H,3-9,12-15H2,1-2H3/b;11-10-/t14-,15-,17?,18+;16-,17+,18+/m01/s1. The number of unbranched alkanes of at least 4 members (excludes halogenated alkanes) is 9. The van der Waals surface area contributed by atoms with E-state index in [0.29, 0.717) is 24.5 Å². The van der Waals surface area contributed by atoms with E-state index in [1.165, 1.54) is 44.9 Å². The Labute approximate surface area is 269 Å². The molecule has 7 atom stereocenters. The topological polar surface area (TPSA) is 116 Å². The molecule has 2 aliphatic heterocycles. The molecule has 0 aromatic heterocycles. The lowest BCUT2D eigenvalue weighted by Gasteiger charge is -2.17. The van der Waals surface area contributed by atoms with Crippen LogP contribution in [0.15, 0.2) is 23.8 Å². The lowest BCUT2D eigenvalue weighted by Crippen LogP contribution is -2.25. The average molecular weight is 625 g/mol. The van der Waals surface area contributed by atoms with E-state index in [4.69, 9.17) is 14.6 Å². The van der Waals surface area contributed by atoms with Crippen molar-refractivity contribution in [2.45, 2.75) is 205 Å².